The molecule has 8 fully saturated rings. The monoisotopic (exact) mass is 1390 g/mol. The van der Waals surface area contributed by atoms with E-state index in [4.69, 9.17) is 66.3 Å². The highest BCUT2D eigenvalue weighted by molar-refractivity contribution is 5.90. The van der Waals surface area contributed by atoms with Crippen LogP contribution in [0.2, 0.25) is 0 Å². The first-order chi connectivity index (χ1) is 45.9. The van der Waals surface area contributed by atoms with Crippen molar-refractivity contribution in [1.29, 1.82) is 0 Å². The van der Waals surface area contributed by atoms with Gasteiger partial charge in [0.05, 0.1) is 65.0 Å². The number of carbonyl (C=O) groups is 3. The van der Waals surface area contributed by atoms with Crippen LogP contribution in [0.1, 0.15) is 110 Å². The van der Waals surface area contributed by atoms with Gasteiger partial charge in [-0.15, -0.1) is 0 Å². The highest BCUT2D eigenvalue weighted by Crippen LogP contribution is 2.69. The first-order valence-electron chi connectivity index (χ1n) is 33.6. The van der Waals surface area contributed by atoms with E-state index in [1.807, 2.05) is 20.8 Å². The smallest absolute Gasteiger partial charge is 0.338 e. The highest BCUT2D eigenvalue weighted by atomic mass is 16.8. The molecule has 97 heavy (non-hydrogen) atoms. The summed E-state index contributed by atoms with van der Waals surface area (Å²) in [6, 6.07) is 4.21. The quantitative estimate of drug-likeness (QED) is 0.0398. The van der Waals surface area contributed by atoms with Gasteiger partial charge in [0.25, 0.3) is 0 Å². The Morgan fingerprint density at radius 2 is 1.23 bits per heavy atom. The van der Waals surface area contributed by atoms with Gasteiger partial charge in [-0.05, 0) is 98.7 Å². The third-order valence-electron chi connectivity index (χ3n) is 22.4. The molecule has 550 valence electrons. The molecule has 32 unspecified atom stereocenters. The van der Waals surface area contributed by atoms with Crippen molar-refractivity contribution >= 4 is 17.7 Å². The van der Waals surface area contributed by atoms with E-state index in [9.17, 15) is 85.9 Å². The topological polar surface area (TPSA) is 464 Å². The second-order valence-electron chi connectivity index (χ2n) is 28.5. The van der Waals surface area contributed by atoms with Crippen molar-refractivity contribution in [2.24, 2.45) is 40.4 Å². The molecule has 5 heterocycles. The molecule has 10 rings (SSSR count). The van der Waals surface area contributed by atoms with Crippen LogP contribution in [0.4, 0.5) is 0 Å². The molecule has 1 aromatic carbocycles. The minimum Gasteiger partial charge on any atom is -0.493 e. The summed E-state index contributed by atoms with van der Waals surface area (Å²) in [5.74, 6) is -2.59. The number of carbonyl (C=O) groups excluding carboxylic acids is 3. The molecule has 0 amide bonds. The summed E-state index contributed by atoms with van der Waals surface area (Å²) in [7, 11) is 2.79. The fourth-order valence-electron chi connectivity index (χ4n) is 16.7. The molecular formula is C66H100O31. The predicted molar refractivity (Wildman–Crippen MR) is 326 cm³/mol. The van der Waals surface area contributed by atoms with Crippen LogP contribution in [0.3, 0.4) is 0 Å². The van der Waals surface area contributed by atoms with E-state index in [2.05, 4.69) is 13.0 Å². The molecule has 1 aromatic rings. The lowest BCUT2D eigenvalue weighted by atomic mass is 9.46. The molecular weight excluding hydrogens is 1290 g/mol. The fourth-order valence-corrected chi connectivity index (χ4v) is 16.7. The molecule has 14 N–H and O–H groups in total. The molecule has 5 saturated heterocycles. The summed E-state index contributed by atoms with van der Waals surface area (Å²) in [4.78, 5) is 41.3. The summed E-state index contributed by atoms with van der Waals surface area (Å²) in [5, 5.41) is 154. The van der Waals surface area contributed by atoms with Gasteiger partial charge < -0.3 is 138 Å². The molecule has 5 aliphatic heterocycles. The van der Waals surface area contributed by atoms with Crippen LogP contribution in [-0.2, 0) is 66.4 Å². The molecule has 3 saturated carbocycles. The van der Waals surface area contributed by atoms with Crippen LogP contribution in [-0.4, -0.2) is 296 Å². The molecule has 0 aromatic heterocycles. The maximum atomic E-state index is 14.5. The van der Waals surface area contributed by atoms with Crippen molar-refractivity contribution < 1.29 is 152 Å². The van der Waals surface area contributed by atoms with Crippen molar-refractivity contribution in [3.05, 3.63) is 35.4 Å². The van der Waals surface area contributed by atoms with Crippen molar-refractivity contribution in [1.82, 2.24) is 0 Å². The highest BCUT2D eigenvalue weighted by Gasteiger charge is 2.71. The Morgan fingerprint density at radius 3 is 1.88 bits per heavy atom. The number of hydrogen-bond acceptors (Lipinski definition) is 31. The lowest BCUT2D eigenvalue weighted by Gasteiger charge is -2.59. The van der Waals surface area contributed by atoms with Crippen molar-refractivity contribution in [3.8, 4) is 11.5 Å². The largest absolute Gasteiger partial charge is 0.493 e. The number of ether oxygens (including phenoxy) is 14. The first kappa shape index (κ1) is 75.9. The average molecular weight is 1390 g/mol. The van der Waals surface area contributed by atoms with Gasteiger partial charge in [-0.1, -0.05) is 46.3 Å². The number of aliphatic hydroxyl groups excluding tert-OH is 13. The number of ketones is 1. The number of methoxy groups -OCH3 is 2. The zero-order valence-corrected chi connectivity index (χ0v) is 55.7. The number of hydrogen-bond donors (Lipinski definition) is 14. The van der Waals surface area contributed by atoms with Gasteiger partial charge in [0, 0.05) is 24.7 Å². The zero-order valence-electron chi connectivity index (χ0n) is 55.7. The Labute approximate surface area is 561 Å². The standard InChI is InChI=1S/C66H100O31/c1-27(2)9-13-36(70)28(3)66(83)44(94-63-57(89-29(4)69)54(38(72)25-87-63)96-62-56(45(73)37(71)24-86-62)95-58(82)30-10-14-39(84-7)40(19-30)85-8)21-35-33-12-11-31-20-32(15-17-64(31,5)34(33)16-18-65(35,66)6)90-60-51(79)49(77)47(75)43(93-60)26-88-59-53(81)50(78)55(42(23-68)92-59)97-61-52(80)48(76)46(74)41(22-67)91-61/h10-11,14,19,27-28,32-35,37-38,41-57,59-63,67-68,71-81,83H,9,12-13,15-18,20-26H2,1-8H3. The number of allylic oxidation sites excluding steroid dienone is 1. The predicted octanol–water partition coefficient (Wildman–Crippen LogP) is -2.49. The van der Waals surface area contributed by atoms with E-state index < -0.39 is 221 Å². The van der Waals surface area contributed by atoms with E-state index >= 15 is 0 Å². The SMILES string of the molecule is COc1ccc(C(=O)OC2C(OC3C(O)COC(OC4CC5C6CC=C7CC(OC8OC(COC9OC(CO)C(OC%10OC(CO)C(O)C(O)C%10O)C(O)C9O)C(O)C(O)C8O)CCC7(C)C6CCC5(C)C4(O)C(C)C(=O)CCC(C)C)C3OC(C)=O)OCC(O)C2O)cc1OC. The van der Waals surface area contributed by atoms with E-state index in [0.29, 0.717) is 50.7 Å². The van der Waals surface area contributed by atoms with Gasteiger partial charge in [0.15, 0.2) is 55.2 Å². The van der Waals surface area contributed by atoms with E-state index in [1.54, 1.807) is 6.92 Å². The Bertz CT molecular complexity index is 2860. The summed E-state index contributed by atoms with van der Waals surface area (Å²) in [5.41, 5.74) is -2.17. The van der Waals surface area contributed by atoms with E-state index in [1.165, 1.54) is 32.4 Å². The van der Waals surface area contributed by atoms with Crippen molar-refractivity contribution in [3.63, 3.8) is 0 Å². The van der Waals surface area contributed by atoms with Crippen LogP contribution in [0.5, 0.6) is 11.5 Å². The van der Waals surface area contributed by atoms with Gasteiger partial charge >= 0.3 is 11.9 Å². The molecule has 0 bridgehead atoms. The molecule has 4 aliphatic carbocycles. The van der Waals surface area contributed by atoms with Gasteiger partial charge in [0.1, 0.15) is 109 Å². The summed E-state index contributed by atoms with van der Waals surface area (Å²) >= 11 is 0. The van der Waals surface area contributed by atoms with Gasteiger partial charge in [0.2, 0.25) is 0 Å². The van der Waals surface area contributed by atoms with Crippen molar-refractivity contribution in [2.45, 2.75) is 258 Å². The minimum atomic E-state index is -1.92. The fraction of sp³-hybridized carbons (Fsp3) is 0.833. The maximum absolute atomic E-state index is 14.5. The van der Waals surface area contributed by atoms with Crippen LogP contribution in [0.25, 0.3) is 0 Å². The number of benzene rings is 1. The Balaban J connectivity index is 0.830. The number of rotatable bonds is 23. The summed E-state index contributed by atoms with van der Waals surface area (Å²) in [6.07, 6.45) is -33.9. The van der Waals surface area contributed by atoms with Crippen LogP contribution >= 0.6 is 0 Å². The van der Waals surface area contributed by atoms with Crippen LogP contribution in [0.15, 0.2) is 29.8 Å². The van der Waals surface area contributed by atoms with Gasteiger partial charge in [-0.3, -0.25) is 9.59 Å². The molecule has 0 radical (unpaired) electrons. The van der Waals surface area contributed by atoms with E-state index in [-0.39, 0.29) is 53.6 Å². The Kier molecular flexibility index (Phi) is 24.3. The second kappa shape index (κ2) is 31.0. The van der Waals surface area contributed by atoms with E-state index in [0.717, 1.165) is 12.5 Å². The number of esters is 2. The first-order valence-corrected chi connectivity index (χ1v) is 33.6. The number of Topliss-reactive ketones (excluding diaryl/α,β-unsaturated/α-hetero) is 1. The minimum absolute atomic E-state index is 0.0253. The van der Waals surface area contributed by atoms with Gasteiger partial charge in [-0.25, -0.2) is 4.79 Å². The second-order valence-corrected chi connectivity index (χ2v) is 28.5. The molecule has 31 nitrogen and oxygen atoms in total. The Morgan fingerprint density at radius 1 is 0.619 bits per heavy atom. The van der Waals surface area contributed by atoms with Crippen molar-refractivity contribution in [2.75, 3.05) is 47.3 Å². The van der Waals surface area contributed by atoms with Crippen LogP contribution in [0, 0.1) is 40.4 Å². The molecule has 0 spiro atoms. The lowest BCUT2D eigenvalue weighted by Crippen LogP contribution is -2.65. The third kappa shape index (κ3) is 14.8. The number of aliphatic hydroxyl groups is 14. The zero-order chi connectivity index (χ0) is 70.5. The Hall–Kier alpha value is -3.79. The normalized spacial score (nSPS) is 45.6. The maximum Gasteiger partial charge on any atom is 0.338 e. The molecule has 32 atom stereocenters. The van der Waals surface area contributed by atoms with Crippen LogP contribution < -0.4 is 9.47 Å². The summed E-state index contributed by atoms with van der Waals surface area (Å²) < 4.78 is 82.6. The molecule has 9 aliphatic rings. The molecule has 31 heteroatoms. The number of fused-ring (bicyclic) bond motifs is 5. The van der Waals surface area contributed by atoms with Gasteiger partial charge in [-0.2, -0.15) is 0 Å². The third-order valence-corrected chi connectivity index (χ3v) is 22.4. The lowest BCUT2D eigenvalue weighted by molar-refractivity contribution is -0.365. The average Bonchev–Trinajstić information content (AvgIpc) is 1.56. The summed E-state index contributed by atoms with van der Waals surface area (Å²) in [6.45, 7) is 7.84.